The highest BCUT2D eigenvalue weighted by Crippen LogP contribution is 2.37. The minimum Gasteiger partial charge on any atom is -0.478 e. The van der Waals surface area contributed by atoms with E-state index in [1.807, 2.05) is 0 Å². The van der Waals surface area contributed by atoms with Crippen LogP contribution in [0.25, 0.3) is 12.2 Å². The van der Waals surface area contributed by atoms with Crippen LogP contribution >= 0.6 is 0 Å². The third-order valence-electron chi connectivity index (χ3n) is 4.22. The molecule has 2 aromatic heterocycles. The zero-order valence-corrected chi connectivity index (χ0v) is 14.9. The number of hydrogen-bond donors (Lipinski definition) is 2. The lowest BCUT2D eigenvalue weighted by molar-refractivity contribution is -0.134. The van der Waals surface area contributed by atoms with Gasteiger partial charge in [-0.05, 0) is 54.2 Å². The quantitative estimate of drug-likeness (QED) is 0.671. The zero-order valence-electron chi connectivity index (χ0n) is 14.9. The van der Waals surface area contributed by atoms with Gasteiger partial charge in [-0.25, -0.2) is 9.59 Å². The van der Waals surface area contributed by atoms with Crippen LogP contribution in [0.2, 0.25) is 0 Å². The molecule has 2 heterocycles. The highest BCUT2D eigenvalue weighted by molar-refractivity contribution is 5.94. The summed E-state index contributed by atoms with van der Waals surface area (Å²) in [7, 11) is 0. The third kappa shape index (κ3) is 4.75. The maximum Gasteiger partial charge on any atom is 0.332 e. The molecule has 1 unspecified atom stereocenters. The summed E-state index contributed by atoms with van der Waals surface area (Å²) in [4.78, 5) is 23.4. The molecule has 2 rings (SSSR count). The number of carboxylic acid groups (broad SMARTS) is 2. The number of furan rings is 2. The van der Waals surface area contributed by atoms with Crippen molar-refractivity contribution in [1.29, 1.82) is 0 Å². The fraction of sp³-hybridized carbons (Fsp3) is 0.300. The van der Waals surface area contributed by atoms with E-state index in [9.17, 15) is 19.8 Å². The molecule has 0 radical (unpaired) electrons. The monoisotopic (exact) mass is 358 g/mol. The molecule has 0 saturated carbocycles. The first-order valence-electron chi connectivity index (χ1n) is 8.18. The maximum absolute atomic E-state index is 11.8. The highest BCUT2D eigenvalue weighted by atomic mass is 16.4. The van der Waals surface area contributed by atoms with Crippen LogP contribution in [0.3, 0.4) is 0 Å². The van der Waals surface area contributed by atoms with E-state index in [0.29, 0.717) is 17.9 Å². The van der Waals surface area contributed by atoms with Gasteiger partial charge in [-0.1, -0.05) is 20.8 Å². The molecule has 0 fully saturated rings. The highest BCUT2D eigenvalue weighted by Gasteiger charge is 2.33. The van der Waals surface area contributed by atoms with Gasteiger partial charge in [0.15, 0.2) is 0 Å². The van der Waals surface area contributed by atoms with Crippen molar-refractivity contribution in [2.45, 2.75) is 27.2 Å². The van der Waals surface area contributed by atoms with E-state index in [2.05, 4.69) is 0 Å². The third-order valence-corrected chi connectivity index (χ3v) is 4.22. The summed E-state index contributed by atoms with van der Waals surface area (Å²) in [6.45, 7) is 5.31. The lowest BCUT2D eigenvalue weighted by atomic mass is 9.74. The summed E-state index contributed by atoms with van der Waals surface area (Å²) >= 11 is 0. The summed E-state index contributed by atoms with van der Waals surface area (Å²) in [5.74, 6) is -1.64. The average Bonchev–Trinajstić information content (AvgIpc) is 3.22. The van der Waals surface area contributed by atoms with Gasteiger partial charge < -0.3 is 19.0 Å². The van der Waals surface area contributed by atoms with Crippen molar-refractivity contribution in [3.8, 4) is 0 Å². The largest absolute Gasteiger partial charge is 0.478 e. The molecule has 26 heavy (non-hydrogen) atoms. The normalized spacial score (nSPS) is 14.3. The van der Waals surface area contributed by atoms with Crippen LogP contribution < -0.4 is 0 Å². The molecule has 0 aliphatic carbocycles. The Morgan fingerprint density at radius 2 is 1.58 bits per heavy atom. The number of hydrogen-bond acceptors (Lipinski definition) is 4. The minimum absolute atomic E-state index is 0.155. The van der Waals surface area contributed by atoms with E-state index >= 15 is 0 Å². The molecule has 0 amide bonds. The van der Waals surface area contributed by atoms with Crippen LogP contribution in [0.5, 0.6) is 0 Å². The Balaban J connectivity index is 2.30. The number of carboxylic acids is 2. The minimum atomic E-state index is -1.06. The molecule has 0 bridgehead atoms. The Morgan fingerprint density at radius 3 is 2.00 bits per heavy atom. The van der Waals surface area contributed by atoms with Crippen LogP contribution in [0.1, 0.15) is 38.7 Å². The summed E-state index contributed by atoms with van der Waals surface area (Å²) in [5, 5.41) is 19.2. The van der Waals surface area contributed by atoms with Crippen LogP contribution in [0, 0.1) is 11.3 Å². The molecule has 6 nitrogen and oxygen atoms in total. The molecule has 2 aromatic rings. The van der Waals surface area contributed by atoms with Gasteiger partial charge in [0.1, 0.15) is 11.5 Å². The van der Waals surface area contributed by atoms with Crippen molar-refractivity contribution in [2.24, 2.45) is 11.3 Å². The molecule has 0 aliphatic heterocycles. The van der Waals surface area contributed by atoms with Crippen molar-refractivity contribution in [1.82, 2.24) is 0 Å². The van der Waals surface area contributed by atoms with Crippen molar-refractivity contribution in [2.75, 3.05) is 0 Å². The van der Waals surface area contributed by atoms with E-state index in [1.165, 1.54) is 24.7 Å². The van der Waals surface area contributed by atoms with E-state index in [0.717, 1.165) is 0 Å². The number of rotatable bonds is 8. The van der Waals surface area contributed by atoms with Gasteiger partial charge in [-0.2, -0.15) is 0 Å². The topological polar surface area (TPSA) is 101 Å². The van der Waals surface area contributed by atoms with Crippen molar-refractivity contribution >= 4 is 24.1 Å². The fourth-order valence-corrected chi connectivity index (χ4v) is 2.99. The molecule has 0 saturated heterocycles. The number of aliphatic carboxylic acids is 2. The Bertz CT molecular complexity index is 807. The Labute approximate surface area is 151 Å². The van der Waals surface area contributed by atoms with Crippen LogP contribution in [-0.4, -0.2) is 22.2 Å². The van der Waals surface area contributed by atoms with E-state index in [4.69, 9.17) is 8.83 Å². The second-order valence-electron chi connectivity index (χ2n) is 6.79. The maximum atomic E-state index is 11.8. The summed E-state index contributed by atoms with van der Waals surface area (Å²) in [6.07, 6.45) is 6.21. The number of carbonyl (C=O) groups is 2. The van der Waals surface area contributed by atoms with Crippen LogP contribution in [-0.2, 0) is 9.59 Å². The van der Waals surface area contributed by atoms with Gasteiger partial charge in [0.05, 0.1) is 12.5 Å². The van der Waals surface area contributed by atoms with E-state index in [-0.39, 0.29) is 11.1 Å². The lowest BCUT2D eigenvalue weighted by Crippen LogP contribution is -2.25. The second-order valence-corrected chi connectivity index (χ2v) is 6.79. The summed E-state index contributed by atoms with van der Waals surface area (Å²) < 4.78 is 10.4. The zero-order chi connectivity index (χ0) is 19.3. The molecule has 1 atom stereocenters. The first-order chi connectivity index (χ1) is 12.2. The van der Waals surface area contributed by atoms with Gasteiger partial charge in [-0.15, -0.1) is 0 Å². The van der Waals surface area contributed by atoms with Gasteiger partial charge in [0.25, 0.3) is 0 Å². The molecule has 138 valence electrons. The summed E-state index contributed by atoms with van der Waals surface area (Å²) in [5.41, 5.74) is -0.465. The lowest BCUT2D eigenvalue weighted by Gasteiger charge is -2.29. The van der Waals surface area contributed by atoms with Crippen LogP contribution in [0.4, 0.5) is 0 Å². The second kappa shape index (κ2) is 7.91. The fourth-order valence-electron chi connectivity index (χ4n) is 2.99. The molecule has 6 heteroatoms. The average molecular weight is 358 g/mol. The van der Waals surface area contributed by atoms with Gasteiger partial charge >= 0.3 is 11.9 Å². The van der Waals surface area contributed by atoms with E-state index < -0.39 is 23.3 Å². The molecule has 0 aromatic carbocycles. The van der Waals surface area contributed by atoms with Crippen molar-refractivity contribution < 1.29 is 28.6 Å². The van der Waals surface area contributed by atoms with Gasteiger partial charge in [-0.3, -0.25) is 0 Å². The predicted molar refractivity (Wildman–Crippen MR) is 96.2 cm³/mol. The van der Waals surface area contributed by atoms with Crippen molar-refractivity contribution in [3.63, 3.8) is 0 Å². The summed E-state index contributed by atoms with van der Waals surface area (Å²) in [6, 6.07) is 6.69. The predicted octanol–water partition coefficient (Wildman–Crippen LogP) is 4.56. The molecular weight excluding hydrogens is 336 g/mol. The standard InChI is InChI=1S/C20H22O6/c1-13(16(18(21)22)10-14-6-4-8-25-14)12-20(2,3)17(19(23)24)11-15-7-5-9-26-15/h4-11,13H,12H2,1-3H3,(H,21,22)(H,23,24). The van der Waals surface area contributed by atoms with Gasteiger partial charge in [0.2, 0.25) is 0 Å². The Hall–Kier alpha value is -3.02. The Morgan fingerprint density at radius 1 is 1.04 bits per heavy atom. The first kappa shape index (κ1) is 19.3. The first-order valence-corrected chi connectivity index (χ1v) is 8.18. The smallest absolute Gasteiger partial charge is 0.332 e. The molecule has 0 aliphatic rings. The SMILES string of the molecule is CC(CC(C)(C)C(=Cc1ccco1)C(=O)O)C(=Cc1ccco1)C(=O)O. The molecule has 0 spiro atoms. The molecule has 2 N–H and O–H groups in total. The van der Waals surface area contributed by atoms with Crippen LogP contribution in [0.15, 0.2) is 56.8 Å². The van der Waals surface area contributed by atoms with Gasteiger partial charge in [0, 0.05) is 11.1 Å². The molecular formula is C20H22O6. The Kier molecular flexibility index (Phi) is 5.87. The van der Waals surface area contributed by atoms with E-state index in [1.54, 1.807) is 45.0 Å². The van der Waals surface area contributed by atoms with Crippen molar-refractivity contribution in [3.05, 3.63) is 59.5 Å².